The summed E-state index contributed by atoms with van der Waals surface area (Å²) in [5.41, 5.74) is 6.66. The van der Waals surface area contributed by atoms with Crippen LogP contribution in [0.15, 0.2) is 42.5 Å². The van der Waals surface area contributed by atoms with Gasteiger partial charge in [-0.05, 0) is 30.3 Å². The molecular formula is C15H12N2O3. The van der Waals surface area contributed by atoms with E-state index in [9.17, 15) is 4.79 Å². The average Bonchev–Trinajstić information content (AvgIpc) is 2.48. The molecule has 2 N–H and O–H groups in total. The van der Waals surface area contributed by atoms with E-state index in [1.54, 1.807) is 36.4 Å². The molecule has 0 atom stereocenters. The number of ether oxygens (including phenoxy) is 2. The van der Waals surface area contributed by atoms with Crippen molar-refractivity contribution in [3.05, 3.63) is 53.6 Å². The minimum Gasteiger partial charge on any atom is -0.465 e. The van der Waals surface area contributed by atoms with Gasteiger partial charge in [-0.2, -0.15) is 5.26 Å². The van der Waals surface area contributed by atoms with Gasteiger partial charge < -0.3 is 15.2 Å². The van der Waals surface area contributed by atoms with Gasteiger partial charge in [-0.25, -0.2) is 4.79 Å². The second-order valence-electron chi connectivity index (χ2n) is 3.96. The quantitative estimate of drug-likeness (QED) is 0.683. The number of nitriles is 1. The van der Waals surface area contributed by atoms with Crippen LogP contribution in [0.1, 0.15) is 15.9 Å². The Morgan fingerprint density at radius 1 is 1.20 bits per heavy atom. The van der Waals surface area contributed by atoms with Crippen molar-refractivity contribution >= 4 is 11.7 Å². The Hall–Kier alpha value is -3.00. The first-order valence-electron chi connectivity index (χ1n) is 5.80. The first kappa shape index (κ1) is 13.4. The maximum absolute atomic E-state index is 11.7. The number of para-hydroxylation sites is 1. The Balaban J connectivity index is 2.44. The van der Waals surface area contributed by atoms with E-state index in [1.807, 2.05) is 6.07 Å². The third-order valence-corrected chi connectivity index (χ3v) is 2.64. The zero-order valence-electron chi connectivity index (χ0n) is 10.8. The summed E-state index contributed by atoms with van der Waals surface area (Å²) in [4.78, 5) is 11.7. The molecule has 5 nitrogen and oxygen atoms in total. The number of hydrogen-bond acceptors (Lipinski definition) is 5. The van der Waals surface area contributed by atoms with Crippen molar-refractivity contribution in [1.82, 2.24) is 0 Å². The third-order valence-electron chi connectivity index (χ3n) is 2.64. The molecule has 5 heteroatoms. The molecule has 0 radical (unpaired) electrons. The van der Waals surface area contributed by atoms with E-state index in [1.165, 1.54) is 13.2 Å². The second-order valence-corrected chi connectivity index (χ2v) is 3.96. The van der Waals surface area contributed by atoms with E-state index < -0.39 is 5.97 Å². The van der Waals surface area contributed by atoms with Gasteiger partial charge in [-0.15, -0.1) is 0 Å². The lowest BCUT2D eigenvalue weighted by molar-refractivity contribution is 0.0598. The van der Waals surface area contributed by atoms with Crippen molar-refractivity contribution in [2.45, 2.75) is 0 Å². The summed E-state index contributed by atoms with van der Waals surface area (Å²) >= 11 is 0. The van der Waals surface area contributed by atoms with E-state index >= 15 is 0 Å². The van der Waals surface area contributed by atoms with Crippen LogP contribution in [0.3, 0.4) is 0 Å². The van der Waals surface area contributed by atoms with E-state index in [4.69, 9.17) is 15.7 Å². The predicted octanol–water partition coefficient (Wildman–Crippen LogP) is 2.72. The molecule has 100 valence electrons. The molecule has 20 heavy (non-hydrogen) atoms. The zero-order chi connectivity index (χ0) is 14.5. The van der Waals surface area contributed by atoms with Crippen molar-refractivity contribution in [3.63, 3.8) is 0 Å². The van der Waals surface area contributed by atoms with E-state index in [-0.39, 0.29) is 11.3 Å². The summed E-state index contributed by atoms with van der Waals surface area (Å²) in [5, 5.41) is 9.02. The Kier molecular flexibility index (Phi) is 3.87. The Bertz CT molecular complexity index is 690. The molecule has 0 saturated heterocycles. The van der Waals surface area contributed by atoms with Gasteiger partial charge in [-0.3, -0.25) is 0 Å². The summed E-state index contributed by atoms with van der Waals surface area (Å²) in [5.74, 6) is 0.0976. The van der Waals surface area contributed by atoms with Gasteiger partial charge >= 0.3 is 5.97 Å². The summed E-state index contributed by atoms with van der Waals surface area (Å²) < 4.78 is 10.3. The summed E-state index contributed by atoms with van der Waals surface area (Å²) in [7, 11) is 1.28. The smallest absolute Gasteiger partial charge is 0.341 e. The van der Waals surface area contributed by atoms with Crippen LogP contribution in [0.25, 0.3) is 0 Å². The fraction of sp³-hybridized carbons (Fsp3) is 0.0667. The highest BCUT2D eigenvalue weighted by atomic mass is 16.5. The molecule has 0 aliphatic rings. The molecule has 2 aromatic rings. The number of methoxy groups -OCH3 is 1. The average molecular weight is 268 g/mol. The van der Waals surface area contributed by atoms with Crippen molar-refractivity contribution in [2.75, 3.05) is 12.8 Å². The minimum atomic E-state index is -0.554. The molecule has 0 aliphatic heterocycles. The maximum Gasteiger partial charge on any atom is 0.341 e. The summed E-state index contributed by atoms with van der Waals surface area (Å²) in [6.07, 6.45) is 0. The van der Waals surface area contributed by atoms with Gasteiger partial charge in [0.05, 0.1) is 12.7 Å². The lowest BCUT2D eigenvalue weighted by Gasteiger charge is -2.11. The topological polar surface area (TPSA) is 85.3 Å². The third kappa shape index (κ3) is 2.70. The molecule has 2 rings (SSSR count). The monoisotopic (exact) mass is 268 g/mol. The Morgan fingerprint density at radius 2 is 1.95 bits per heavy atom. The number of carbonyl (C=O) groups is 1. The highest BCUT2D eigenvalue weighted by Crippen LogP contribution is 2.29. The number of nitrogen functional groups attached to an aromatic ring is 1. The molecule has 0 spiro atoms. The molecule has 0 aromatic heterocycles. The molecule has 0 saturated carbocycles. The standard InChI is InChI=1S/C15H12N2O3/c1-19-15(18)12-8-11(17)6-7-14(12)20-13-5-3-2-4-10(13)9-16/h2-8H,17H2,1H3. The largest absolute Gasteiger partial charge is 0.465 e. The number of esters is 1. The number of hydrogen-bond donors (Lipinski definition) is 1. The lowest BCUT2D eigenvalue weighted by atomic mass is 10.1. The fourth-order valence-electron chi connectivity index (χ4n) is 1.67. The first-order valence-corrected chi connectivity index (χ1v) is 5.80. The van der Waals surface area contributed by atoms with Crippen LogP contribution in [0.5, 0.6) is 11.5 Å². The van der Waals surface area contributed by atoms with Gasteiger partial charge in [0.2, 0.25) is 0 Å². The number of rotatable bonds is 3. The van der Waals surface area contributed by atoms with Gasteiger partial charge in [0, 0.05) is 5.69 Å². The van der Waals surface area contributed by atoms with Crippen LogP contribution in [-0.4, -0.2) is 13.1 Å². The van der Waals surface area contributed by atoms with Crippen LogP contribution in [0.4, 0.5) is 5.69 Å². The first-order chi connectivity index (χ1) is 9.65. The highest BCUT2D eigenvalue weighted by Gasteiger charge is 2.15. The van der Waals surface area contributed by atoms with Gasteiger partial charge in [-0.1, -0.05) is 12.1 Å². The van der Waals surface area contributed by atoms with Crippen LogP contribution >= 0.6 is 0 Å². The normalized spacial score (nSPS) is 9.60. The van der Waals surface area contributed by atoms with E-state index in [0.717, 1.165) is 0 Å². The van der Waals surface area contributed by atoms with Crippen LogP contribution in [0.2, 0.25) is 0 Å². The predicted molar refractivity (Wildman–Crippen MR) is 73.4 cm³/mol. The van der Waals surface area contributed by atoms with Crippen molar-refractivity contribution in [3.8, 4) is 17.6 Å². The summed E-state index contributed by atoms with van der Waals surface area (Å²) in [6.45, 7) is 0. The summed E-state index contributed by atoms with van der Waals surface area (Å²) in [6, 6.07) is 13.4. The van der Waals surface area contributed by atoms with Gasteiger partial charge in [0.25, 0.3) is 0 Å². The molecule has 0 unspecified atom stereocenters. The minimum absolute atomic E-state index is 0.209. The molecular weight excluding hydrogens is 256 g/mol. The van der Waals surface area contributed by atoms with E-state index in [0.29, 0.717) is 17.0 Å². The second kappa shape index (κ2) is 5.76. The van der Waals surface area contributed by atoms with Crippen molar-refractivity contribution < 1.29 is 14.3 Å². The van der Waals surface area contributed by atoms with Gasteiger partial charge in [0.15, 0.2) is 0 Å². The van der Waals surface area contributed by atoms with Gasteiger partial charge in [0.1, 0.15) is 23.1 Å². The fourth-order valence-corrected chi connectivity index (χ4v) is 1.67. The number of benzene rings is 2. The van der Waals surface area contributed by atoms with Crippen LogP contribution in [-0.2, 0) is 4.74 Å². The molecule has 0 bridgehead atoms. The number of anilines is 1. The van der Waals surface area contributed by atoms with Crippen LogP contribution < -0.4 is 10.5 Å². The molecule has 0 fully saturated rings. The highest BCUT2D eigenvalue weighted by molar-refractivity contribution is 5.93. The number of nitrogens with zero attached hydrogens (tertiary/aromatic N) is 1. The van der Waals surface area contributed by atoms with Crippen molar-refractivity contribution in [1.29, 1.82) is 5.26 Å². The molecule has 2 aromatic carbocycles. The Morgan fingerprint density at radius 3 is 2.65 bits per heavy atom. The Labute approximate surface area is 116 Å². The maximum atomic E-state index is 11.7. The number of carbonyl (C=O) groups excluding carboxylic acids is 1. The molecule has 0 amide bonds. The van der Waals surface area contributed by atoms with E-state index in [2.05, 4.69) is 4.74 Å². The lowest BCUT2D eigenvalue weighted by Crippen LogP contribution is -2.05. The zero-order valence-corrected chi connectivity index (χ0v) is 10.8. The molecule has 0 aliphatic carbocycles. The number of nitrogens with two attached hydrogens (primary N) is 1. The van der Waals surface area contributed by atoms with Crippen molar-refractivity contribution in [2.24, 2.45) is 0 Å². The van der Waals surface area contributed by atoms with Crippen LogP contribution in [0, 0.1) is 11.3 Å². The molecule has 0 heterocycles. The SMILES string of the molecule is COC(=O)c1cc(N)ccc1Oc1ccccc1C#N.